The maximum absolute atomic E-state index is 11.8. The minimum absolute atomic E-state index is 0.235. The number of carbonyl (C=O) groups excluding carboxylic acids is 3. The van der Waals surface area contributed by atoms with Crippen LogP contribution >= 0.6 is 0 Å². The molecular weight excluding hydrogens is 324 g/mol. The number of carbonyl (C=O) groups is 3. The van der Waals surface area contributed by atoms with Crippen molar-refractivity contribution in [3.8, 4) is 0 Å². The van der Waals surface area contributed by atoms with Gasteiger partial charge in [0, 0.05) is 18.3 Å². The molecule has 130 valence electrons. The zero-order valence-corrected chi connectivity index (χ0v) is 13.6. The molecule has 0 aliphatic rings. The summed E-state index contributed by atoms with van der Waals surface area (Å²) in [6.45, 7) is -0.528. The lowest BCUT2D eigenvalue weighted by Gasteiger charge is -2.11. The number of hydrogen-bond acceptors (Lipinski definition) is 5. The van der Waals surface area contributed by atoms with Gasteiger partial charge in [0.05, 0.1) is 0 Å². The van der Waals surface area contributed by atoms with Crippen molar-refractivity contribution in [2.75, 3.05) is 19.0 Å². The zero-order valence-electron chi connectivity index (χ0n) is 13.6. The monoisotopic (exact) mass is 342 g/mol. The summed E-state index contributed by atoms with van der Waals surface area (Å²) in [5.74, 6) is -1.70. The van der Waals surface area contributed by atoms with Crippen LogP contribution in [0.25, 0.3) is 0 Å². The lowest BCUT2D eigenvalue weighted by atomic mass is 10.1. The number of anilines is 1. The molecule has 0 radical (unpaired) electrons. The second-order valence-corrected chi connectivity index (χ2v) is 5.13. The van der Waals surface area contributed by atoms with Crippen molar-refractivity contribution in [3.63, 3.8) is 0 Å². The number of nitrogens with one attached hydrogen (secondary N) is 2. The summed E-state index contributed by atoms with van der Waals surface area (Å²) < 4.78 is 4.81. The van der Waals surface area contributed by atoms with Crippen LogP contribution in [-0.2, 0) is 14.3 Å². The highest BCUT2D eigenvalue weighted by molar-refractivity contribution is 5.96. The van der Waals surface area contributed by atoms with Crippen LogP contribution in [-0.4, -0.2) is 36.5 Å². The molecule has 2 aromatic rings. The van der Waals surface area contributed by atoms with Gasteiger partial charge >= 0.3 is 5.97 Å². The molecule has 0 fully saturated rings. The molecule has 0 aliphatic carbocycles. The lowest BCUT2D eigenvalue weighted by Crippen LogP contribution is -2.24. The van der Waals surface area contributed by atoms with Gasteiger partial charge in [-0.2, -0.15) is 0 Å². The highest BCUT2D eigenvalue weighted by atomic mass is 16.5. The molecule has 7 heteroatoms. The van der Waals surface area contributed by atoms with Crippen molar-refractivity contribution in [3.05, 3.63) is 65.7 Å². The first-order valence-corrected chi connectivity index (χ1v) is 7.53. The number of aliphatic hydroxyl groups excluding tert-OH is 1. The van der Waals surface area contributed by atoms with E-state index in [0.29, 0.717) is 16.8 Å². The van der Waals surface area contributed by atoms with E-state index in [1.165, 1.54) is 7.05 Å². The van der Waals surface area contributed by atoms with Gasteiger partial charge in [-0.15, -0.1) is 0 Å². The predicted molar refractivity (Wildman–Crippen MR) is 90.8 cm³/mol. The molecule has 0 bridgehead atoms. The quantitative estimate of drug-likeness (QED) is 0.686. The van der Waals surface area contributed by atoms with Gasteiger partial charge in [0.15, 0.2) is 12.7 Å². The Hall–Kier alpha value is -3.19. The summed E-state index contributed by atoms with van der Waals surface area (Å²) in [6, 6.07) is 14.5. The number of hydrogen-bond donors (Lipinski definition) is 3. The van der Waals surface area contributed by atoms with Gasteiger partial charge in [-0.25, -0.2) is 4.79 Å². The van der Waals surface area contributed by atoms with E-state index in [1.54, 1.807) is 54.6 Å². The molecule has 0 heterocycles. The zero-order chi connectivity index (χ0) is 18.2. The van der Waals surface area contributed by atoms with E-state index >= 15 is 0 Å². The van der Waals surface area contributed by atoms with E-state index in [1.807, 2.05) is 0 Å². The van der Waals surface area contributed by atoms with Gasteiger partial charge in [-0.1, -0.05) is 30.3 Å². The van der Waals surface area contributed by atoms with Crippen molar-refractivity contribution in [1.29, 1.82) is 0 Å². The molecule has 0 aromatic heterocycles. The molecule has 0 saturated carbocycles. The maximum Gasteiger partial charge on any atom is 0.340 e. The third-order valence-corrected chi connectivity index (χ3v) is 3.34. The number of benzene rings is 2. The number of esters is 1. The van der Waals surface area contributed by atoms with Crippen molar-refractivity contribution in [2.24, 2.45) is 0 Å². The van der Waals surface area contributed by atoms with Gasteiger partial charge in [0.2, 0.25) is 0 Å². The molecule has 7 nitrogen and oxygen atoms in total. The van der Waals surface area contributed by atoms with Crippen LogP contribution in [0.3, 0.4) is 0 Å². The van der Waals surface area contributed by atoms with Gasteiger partial charge in [-0.05, 0) is 29.8 Å². The summed E-state index contributed by atoms with van der Waals surface area (Å²) in [5.41, 5.74) is 1.30. The molecular formula is C18H18N2O5. The topological polar surface area (TPSA) is 105 Å². The summed E-state index contributed by atoms with van der Waals surface area (Å²) in [6.07, 6.45) is -1.44. The summed E-state index contributed by atoms with van der Waals surface area (Å²) >= 11 is 0. The Kier molecular flexibility index (Phi) is 6.25. The average molecular weight is 342 g/mol. The summed E-state index contributed by atoms with van der Waals surface area (Å²) in [7, 11) is 1.52. The Morgan fingerprint density at radius 2 is 1.68 bits per heavy atom. The van der Waals surface area contributed by atoms with E-state index in [9.17, 15) is 19.5 Å². The van der Waals surface area contributed by atoms with Crippen LogP contribution in [0.1, 0.15) is 22.0 Å². The summed E-state index contributed by atoms with van der Waals surface area (Å²) in [5, 5.41) is 14.9. The van der Waals surface area contributed by atoms with Crippen LogP contribution in [0, 0.1) is 0 Å². The summed E-state index contributed by atoms with van der Waals surface area (Å²) in [4.78, 5) is 35.0. The van der Waals surface area contributed by atoms with Crippen LogP contribution < -0.4 is 10.6 Å². The van der Waals surface area contributed by atoms with E-state index in [-0.39, 0.29) is 5.91 Å². The first-order chi connectivity index (χ1) is 12.0. The fourth-order valence-electron chi connectivity index (χ4n) is 2.03. The van der Waals surface area contributed by atoms with Crippen LogP contribution in [0.15, 0.2) is 54.6 Å². The second-order valence-electron chi connectivity index (χ2n) is 5.13. The molecule has 2 aromatic carbocycles. The molecule has 0 spiro atoms. The molecule has 1 atom stereocenters. The van der Waals surface area contributed by atoms with Crippen LogP contribution in [0.4, 0.5) is 5.69 Å². The normalized spacial score (nSPS) is 11.3. The van der Waals surface area contributed by atoms with Gasteiger partial charge < -0.3 is 20.5 Å². The largest absolute Gasteiger partial charge is 0.453 e. The first-order valence-electron chi connectivity index (χ1n) is 7.53. The molecule has 2 amide bonds. The molecule has 0 aliphatic heterocycles. The van der Waals surface area contributed by atoms with Crippen molar-refractivity contribution < 1.29 is 24.2 Å². The standard InChI is InChI=1S/C18H18N2O5/c1-19-17(23)13-7-9-14(10-8-13)20-15(21)11-25-18(24)16(22)12-5-3-2-4-6-12/h2-10,16,22H,11H2,1H3,(H,19,23)(H,20,21)/t16-/m1/s1. The van der Waals surface area contributed by atoms with Crippen LogP contribution in [0.2, 0.25) is 0 Å². The molecule has 2 rings (SSSR count). The van der Waals surface area contributed by atoms with E-state index in [0.717, 1.165) is 0 Å². The van der Waals surface area contributed by atoms with Gasteiger partial charge in [-0.3, -0.25) is 9.59 Å². The fourth-order valence-corrected chi connectivity index (χ4v) is 2.03. The van der Waals surface area contributed by atoms with Gasteiger partial charge in [0.1, 0.15) is 0 Å². The predicted octanol–water partition coefficient (Wildman–Crippen LogP) is 1.26. The molecule has 0 unspecified atom stereocenters. The number of amides is 2. The highest BCUT2D eigenvalue weighted by Gasteiger charge is 2.19. The van der Waals surface area contributed by atoms with E-state index in [2.05, 4.69) is 10.6 Å². The van der Waals surface area contributed by atoms with E-state index < -0.39 is 24.6 Å². The Balaban J connectivity index is 1.84. The first kappa shape index (κ1) is 18.2. The Bertz CT molecular complexity index is 744. The third-order valence-electron chi connectivity index (χ3n) is 3.34. The molecule has 0 saturated heterocycles. The maximum atomic E-state index is 11.8. The third kappa shape index (κ3) is 5.15. The Morgan fingerprint density at radius 3 is 2.28 bits per heavy atom. The minimum atomic E-state index is -1.44. The second kappa shape index (κ2) is 8.60. The smallest absolute Gasteiger partial charge is 0.340 e. The Morgan fingerprint density at radius 1 is 1.04 bits per heavy atom. The van der Waals surface area contributed by atoms with Crippen molar-refractivity contribution in [2.45, 2.75) is 6.10 Å². The lowest BCUT2D eigenvalue weighted by molar-refractivity contribution is -0.156. The number of ether oxygens (including phenoxy) is 1. The van der Waals surface area contributed by atoms with E-state index in [4.69, 9.17) is 4.74 Å². The highest BCUT2D eigenvalue weighted by Crippen LogP contribution is 2.14. The van der Waals surface area contributed by atoms with Crippen LogP contribution in [0.5, 0.6) is 0 Å². The number of rotatable bonds is 6. The van der Waals surface area contributed by atoms with Crippen molar-refractivity contribution >= 4 is 23.5 Å². The van der Waals surface area contributed by atoms with Crippen molar-refractivity contribution in [1.82, 2.24) is 5.32 Å². The SMILES string of the molecule is CNC(=O)c1ccc(NC(=O)COC(=O)[C@H](O)c2ccccc2)cc1. The minimum Gasteiger partial charge on any atom is -0.453 e. The van der Waals surface area contributed by atoms with Gasteiger partial charge in [0.25, 0.3) is 11.8 Å². The Labute approximate surface area is 144 Å². The number of aliphatic hydroxyl groups is 1. The average Bonchev–Trinajstić information content (AvgIpc) is 2.66. The fraction of sp³-hybridized carbons (Fsp3) is 0.167. The molecule has 25 heavy (non-hydrogen) atoms. The molecule has 3 N–H and O–H groups in total.